The second-order valence-corrected chi connectivity index (χ2v) is 4.92. The average Bonchev–Trinajstić information content (AvgIpc) is 2.48. The standard InChI is InChI=1S/C18H19FO/c1-2-3-4-9-14-10-5-6-11-15(14)18(20)16-12-7-8-13-17(16)19/h5-8,10-13H,2-4,9H2,1H3. The molecule has 20 heavy (non-hydrogen) atoms. The molecule has 0 spiro atoms. The van der Waals surface area contributed by atoms with Gasteiger partial charge in [0.15, 0.2) is 5.78 Å². The van der Waals surface area contributed by atoms with Crippen molar-refractivity contribution in [2.24, 2.45) is 0 Å². The van der Waals surface area contributed by atoms with E-state index < -0.39 is 5.82 Å². The minimum atomic E-state index is -0.458. The Morgan fingerprint density at radius 1 is 0.950 bits per heavy atom. The van der Waals surface area contributed by atoms with Gasteiger partial charge in [-0.15, -0.1) is 0 Å². The highest BCUT2D eigenvalue weighted by molar-refractivity contribution is 6.10. The van der Waals surface area contributed by atoms with Crippen molar-refractivity contribution in [1.82, 2.24) is 0 Å². The maximum absolute atomic E-state index is 13.7. The molecule has 0 aliphatic carbocycles. The lowest BCUT2D eigenvalue weighted by atomic mass is 9.95. The van der Waals surface area contributed by atoms with Crippen molar-refractivity contribution in [2.45, 2.75) is 32.6 Å². The van der Waals surface area contributed by atoms with E-state index in [1.165, 1.54) is 6.07 Å². The monoisotopic (exact) mass is 270 g/mol. The molecule has 0 saturated heterocycles. The maximum Gasteiger partial charge on any atom is 0.196 e. The van der Waals surface area contributed by atoms with Crippen molar-refractivity contribution in [3.05, 3.63) is 71.0 Å². The van der Waals surface area contributed by atoms with E-state index in [0.717, 1.165) is 31.2 Å². The van der Waals surface area contributed by atoms with Crippen LogP contribution in [0.3, 0.4) is 0 Å². The normalized spacial score (nSPS) is 10.5. The Morgan fingerprint density at radius 2 is 1.60 bits per heavy atom. The van der Waals surface area contributed by atoms with Gasteiger partial charge in [0.1, 0.15) is 5.82 Å². The molecule has 2 rings (SSSR count). The molecule has 0 unspecified atom stereocenters. The summed E-state index contributed by atoms with van der Waals surface area (Å²) in [6.45, 7) is 2.15. The highest BCUT2D eigenvalue weighted by atomic mass is 19.1. The van der Waals surface area contributed by atoms with Crippen molar-refractivity contribution < 1.29 is 9.18 Å². The van der Waals surface area contributed by atoms with Crippen LogP contribution in [0.2, 0.25) is 0 Å². The van der Waals surface area contributed by atoms with Gasteiger partial charge in [-0.1, -0.05) is 56.2 Å². The molecular formula is C18H19FO. The Hall–Kier alpha value is -1.96. The summed E-state index contributed by atoms with van der Waals surface area (Å²) < 4.78 is 13.7. The number of aryl methyl sites for hydroxylation is 1. The van der Waals surface area contributed by atoms with Crippen LogP contribution in [0.5, 0.6) is 0 Å². The van der Waals surface area contributed by atoms with Crippen LogP contribution in [0.1, 0.15) is 47.7 Å². The topological polar surface area (TPSA) is 17.1 Å². The van der Waals surface area contributed by atoms with Crippen molar-refractivity contribution >= 4 is 5.78 Å². The highest BCUT2D eigenvalue weighted by Crippen LogP contribution is 2.18. The number of rotatable bonds is 6. The van der Waals surface area contributed by atoms with Crippen LogP contribution in [0.4, 0.5) is 4.39 Å². The molecule has 0 bridgehead atoms. The number of hydrogen-bond donors (Lipinski definition) is 0. The first-order valence-corrected chi connectivity index (χ1v) is 7.11. The minimum Gasteiger partial charge on any atom is -0.288 e. The lowest BCUT2D eigenvalue weighted by Crippen LogP contribution is -2.07. The smallest absolute Gasteiger partial charge is 0.196 e. The number of unbranched alkanes of at least 4 members (excludes halogenated alkanes) is 2. The summed E-state index contributed by atoms with van der Waals surface area (Å²) in [5.41, 5.74) is 1.78. The fourth-order valence-corrected chi connectivity index (χ4v) is 2.32. The molecule has 0 fully saturated rings. The lowest BCUT2D eigenvalue weighted by Gasteiger charge is -2.09. The molecule has 0 saturated carbocycles. The van der Waals surface area contributed by atoms with Crippen LogP contribution in [-0.2, 0) is 6.42 Å². The van der Waals surface area contributed by atoms with Crippen molar-refractivity contribution in [3.8, 4) is 0 Å². The van der Waals surface area contributed by atoms with Gasteiger partial charge in [-0.05, 0) is 30.5 Å². The van der Waals surface area contributed by atoms with Gasteiger partial charge in [0.05, 0.1) is 5.56 Å². The van der Waals surface area contributed by atoms with Gasteiger partial charge >= 0.3 is 0 Å². The predicted octanol–water partition coefficient (Wildman–Crippen LogP) is 4.79. The van der Waals surface area contributed by atoms with Gasteiger partial charge in [0.2, 0.25) is 0 Å². The van der Waals surface area contributed by atoms with E-state index in [0.29, 0.717) is 5.56 Å². The Labute approximate surface area is 119 Å². The van der Waals surface area contributed by atoms with Crippen LogP contribution in [-0.4, -0.2) is 5.78 Å². The zero-order valence-electron chi connectivity index (χ0n) is 11.7. The molecule has 0 radical (unpaired) electrons. The van der Waals surface area contributed by atoms with Crippen LogP contribution in [0, 0.1) is 5.82 Å². The largest absolute Gasteiger partial charge is 0.288 e. The zero-order valence-corrected chi connectivity index (χ0v) is 11.7. The highest BCUT2D eigenvalue weighted by Gasteiger charge is 2.16. The van der Waals surface area contributed by atoms with E-state index >= 15 is 0 Å². The van der Waals surface area contributed by atoms with E-state index in [9.17, 15) is 9.18 Å². The second kappa shape index (κ2) is 6.99. The van der Waals surface area contributed by atoms with Gasteiger partial charge in [0, 0.05) is 5.56 Å². The number of benzene rings is 2. The first-order valence-electron chi connectivity index (χ1n) is 7.11. The molecule has 1 nitrogen and oxygen atoms in total. The molecule has 104 valence electrons. The van der Waals surface area contributed by atoms with Gasteiger partial charge in [-0.25, -0.2) is 4.39 Å². The number of carbonyl (C=O) groups excluding carboxylic acids is 1. The number of halogens is 1. The maximum atomic E-state index is 13.7. The average molecular weight is 270 g/mol. The first-order chi connectivity index (χ1) is 9.74. The van der Waals surface area contributed by atoms with Crippen molar-refractivity contribution in [1.29, 1.82) is 0 Å². The van der Waals surface area contributed by atoms with E-state index in [2.05, 4.69) is 6.92 Å². The third kappa shape index (κ3) is 3.32. The van der Waals surface area contributed by atoms with E-state index in [4.69, 9.17) is 0 Å². The molecule has 2 aromatic carbocycles. The van der Waals surface area contributed by atoms with Crippen LogP contribution < -0.4 is 0 Å². The zero-order chi connectivity index (χ0) is 14.4. The van der Waals surface area contributed by atoms with Gasteiger partial charge in [-0.3, -0.25) is 4.79 Å². The van der Waals surface area contributed by atoms with Crippen molar-refractivity contribution in [3.63, 3.8) is 0 Å². The van der Waals surface area contributed by atoms with Gasteiger partial charge < -0.3 is 0 Å². The summed E-state index contributed by atoms with van der Waals surface area (Å²) in [4.78, 5) is 12.5. The number of ketones is 1. The molecule has 2 heteroatoms. The molecule has 0 atom stereocenters. The Bertz CT molecular complexity index is 589. The molecule has 2 aromatic rings. The summed E-state index contributed by atoms with van der Waals surface area (Å²) in [6.07, 6.45) is 4.20. The number of carbonyl (C=O) groups is 1. The van der Waals surface area contributed by atoms with Crippen LogP contribution in [0.25, 0.3) is 0 Å². The first kappa shape index (κ1) is 14.4. The molecule has 0 aromatic heterocycles. The molecule has 0 heterocycles. The fraction of sp³-hybridized carbons (Fsp3) is 0.278. The van der Waals surface area contributed by atoms with Crippen molar-refractivity contribution in [2.75, 3.05) is 0 Å². The molecule has 0 N–H and O–H groups in total. The summed E-state index contributed by atoms with van der Waals surface area (Å²) in [6, 6.07) is 13.7. The van der Waals surface area contributed by atoms with E-state index in [1.54, 1.807) is 24.3 Å². The SMILES string of the molecule is CCCCCc1ccccc1C(=O)c1ccccc1F. The molecule has 0 aliphatic rings. The summed E-state index contributed by atoms with van der Waals surface area (Å²) in [7, 11) is 0. The van der Waals surface area contributed by atoms with Gasteiger partial charge in [0.25, 0.3) is 0 Å². The summed E-state index contributed by atoms with van der Waals surface area (Å²) >= 11 is 0. The third-order valence-electron chi connectivity index (χ3n) is 3.43. The summed E-state index contributed by atoms with van der Waals surface area (Å²) in [5, 5.41) is 0. The van der Waals surface area contributed by atoms with E-state index in [-0.39, 0.29) is 11.3 Å². The lowest BCUT2D eigenvalue weighted by molar-refractivity contribution is 0.103. The Kier molecular flexibility index (Phi) is 5.05. The molecule has 0 amide bonds. The van der Waals surface area contributed by atoms with E-state index in [1.807, 2.05) is 18.2 Å². The van der Waals surface area contributed by atoms with Crippen LogP contribution in [0.15, 0.2) is 48.5 Å². The minimum absolute atomic E-state index is 0.149. The Balaban J connectivity index is 2.28. The second-order valence-electron chi connectivity index (χ2n) is 4.92. The predicted molar refractivity (Wildman–Crippen MR) is 79.5 cm³/mol. The Morgan fingerprint density at radius 3 is 2.30 bits per heavy atom. The molecule has 0 aliphatic heterocycles. The number of hydrogen-bond acceptors (Lipinski definition) is 1. The fourth-order valence-electron chi connectivity index (χ4n) is 2.32. The third-order valence-corrected chi connectivity index (χ3v) is 3.43. The summed E-state index contributed by atoms with van der Waals surface area (Å²) in [5.74, 6) is -0.684. The quantitative estimate of drug-likeness (QED) is 0.545. The van der Waals surface area contributed by atoms with Crippen LogP contribution >= 0.6 is 0 Å². The molecular weight excluding hydrogens is 251 g/mol. The van der Waals surface area contributed by atoms with Gasteiger partial charge in [-0.2, -0.15) is 0 Å².